The molecule has 3 atom stereocenters. The molecule has 0 radical (unpaired) electrons. The molecule has 0 bridgehead atoms. The molecule has 0 aromatic heterocycles. The van der Waals surface area contributed by atoms with Gasteiger partial charge < -0.3 is 62.3 Å². The fraction of sp³-hybridized carbons (Fsp3) is 0.525. The number of phenols is 1. The summed E-state index contributed by atoms with van der Waals surface area (Å²) in [5.41, 5.74) is 7.96. The highest BCUT2D eigenvalue weighted by atomic mass is 16.5. The Kier molecular flexibility index (Phi) is 32.8. The number of nitrogens with one attached hydrogen (secondary N) is 7. The molecule has 3 aromatic rings. The monoisotopic (exact) mass is 1200 g/mol. The second-order valence-electron chi connectivity index (χ2n) is 20.7. The first-order valence-electron chi connectivity index (χ1n) is 29.2. The van der Waals surface area contributed by atoms with Gasteiger partial charge in [-0.25, -0.2) is 4.79 Å². The summed E-state index contributed by atoms with van der Waals surface area (Å²) in [6.07, 6.45) is 4.35. The van der Waals surface area contributed by atoms with E-state index >= 15 is 0 Å². The van der Waals surface area contributed by atoms with E-state index in [1.54, 1.807) is 52.0 Å². The lowest BCUT2D eigenvalue weighted by atomic mass is 9.90. The average molecular weight is 1200 g/mol. The number of carbonyl (C=O) groups excluding carboxylic acids is 6. The van der Waals surface area contributed by atoms with E-state index in [0.717, 1.165) is 11.8 Å². The van der Waals surface area contributed by atoms with Crippen LogP contribution in [0.3, 0.4) is 0 Å². The number of aliphatic imine (C=N–C) groups is 1. The summed E-state index contributed by atoms with van der Waals surface area (Å²) in [6, 6.07) is 21.0. The van der Waals surface area contributed by atoms with E-state index in [1.165, 1.54) is 12.1 Å². The van der Waals surface area contributed by atoms with Gasteiger partial charge >= 0.3 is 23.9 Å². The fourth-order valence-electron chi connectivity index (χ4n) is 9.29. The van der Waals surface area contributed by atoms with Gasteiger partial charge in [-0.1, -0.05) is 67.9 Å². The van der Waals surface area contributed by atoms with Crippen molar-refractivity contribution < 1.29 is 68.3 Å². The summed E-state index contributed by atoms with van der Waals surface area (Å²) in [4.78, 5) is 123. The number of nitrogens with two attached hydrogens (primary N) is 1. The van der Waals surface area contributed by atoms with Crippen molar-refractivity contribution in [2.45, 2.75) is 89.4 Å². The first-order chi connectivity index (χ1) is 41.4. The fourth-order valence-corrected chi connectivity index (χ4v) is 9.29. The molecule has 1 fully saturated rings. The Hall–Kier alpha value is -8.24. The number of carbonyl (C=O) groups is 9. The topological polar surface area (TPSA) is 379 Å². The molecular formula is C59H87N13O14. The largest absolute Gasteiger partial charge is 0.508 e. The van der Waals surface area contributed by atoms with Gasteiger partial charge in [0.15, 0.2) is 12.2 Å². The van der Waals surface area contributed by atoms with Crippen LogP contribution in [0.2, 0.25) is 0 Å². The van der Waals surface area contributed by atoms with Crippen molar-refractivity contribution in [3.63, 3.8) is 0 Å². The van der Waals surface area contributed by atoms with Crippen LogP contribution < -0.4 is 47.7 Å². The highest BCUT2D eigenvalue weighted by Gasteiger charge is 2.29. The first-order valence-corrected chi connectivity index (χ1v) is 29.2. The van der Waals surface area contributed by atoms with Gasteiger partial charge in [0.2, 0.25) is 23.6 Å². The lowest BCUT2D eigenvalue weighted by Gasteiger charge is -2.35. The number of amides is 6. The Balaban J connectivity index is 1.24. The Labute approximate surface area is 501 Å². The molecule has 3 aromatic carbocycles. The Morgan fingerprint density at radius 2 is 1.23 bits per heavy atom. The molecular weight excluding hydrogens is 1110 g/mol. The lowest BCUT2D eigenvalue weighted by Crippen LogP contribution is -2.54. The number of rotatable bonds is 36. The number of aliphatic carboxylic acids is 3. The minimum Gasteiger partial charge on any atom is -0.508 e. The zero-order valence-corrected chi connectivity index (χ0v) is 49.1. The maximum Gasteiger partial charge on any atom is 0.321 e. The van der Waals surface area contributed by atoms with Crippen molar-refractivity contribution in [2.75, 3.05) is 111 Å². The van der Waals surface area contributed by atoms with Crippen LogP contribution in [-0.4, -0.2) is 223 Å². The zero-order chi connectivity index (χ0) is 62.5. The maximum absolute atomic E-state index is 14.5. The van der Waals surface area contributed by atoms with Gasteiger partial charge in [0.05, 0.1) is 32.2 Å². The van der Waals surface area contributed by atoms with Gasteiger partial charge in [-0.3, -0.25) is 68.8 Å². The van der Waals surface area contributed by atoms with Crippen LogP contribution in [0.15, 0.2) is 83.9 Å². The SMILES string of the molecule is CCC(=O)NCCNC(=O)NC(N)=NCCC[C@@H](NC(=O)C(c1ccccc1)c1cccc(OCCCCNC(=O)CCCCCNC(C=O)N2CCN(CC(=O)O)CCN(CC(=O)O)CCN(CC(=O)O)CC2)c1)C(=O)NCc1ccc(O)cc1. The van der Waals surface area contributed by atoms with E-state index in [-0.39, 0.29) is 115 Å². The summed E-state index contributed by atoms with van der Waals surface area (Å²) < 4.78 is 6.13. The number of hydrogen-bond acceptors (Lipinski definition) is 17. The lowest BCUT2D eigenvalue weighted by molar-refractivity contribution is -0.140. The molecule has 0 saturated carbocycles. The Bertz CT molecular complexity index is 2600. The number of carboxylic acids is 3. The molecule has 1 heterocycles. The second kappa shape index (κ2) is 40.1. The summed E-state index contributed by atoms with van der Waals surface area (Å²) in [5.74, 6) is -4.66. The van der Waals surface area contributed by atoms with Gasteiger partial charge in [-0.05, 0) is 86.0 Å². The normalized spacial score (nSPS) is 15.1. The molecule has 6 amide bonds. The van der Waals surface area contributed by atoms with E-state index in [1.807, 2.05) is 41.3 Å². The van der Waals surface area contributed by atoms with Crippen LogP contribution in [0.4, 0.5) is 4.79 Å². The predicted octanol–water partition coefficient (Wildman–Crippen LogP) is 0.671. The number of urea groups is 1. The highest BCUT2D eigenvalue weighted by molar-refractivity contribution is 5.95. The number of phenolic OH excluding ortho intramolecular Hbond substituents is 1. The van der Waals surface area contributed by atoms with Gasteiger partial charge in [-0.2, -0.15) is 0 Å². The molecule has 86 heavy (non-hydrogen) atoms. The average Bonchev–Trinajstić information content (AvgIpc) is 2.39. The predicted molar refractivity (Wildman–Crippen MR) is 320 cm³/mol. The van der Waals surface area contributed by atoms with E-state index in [9.17, 15) is 63.6 Å². The summed E-state index contributed by atoms with van der Waals surface area (Å²) in [5, 5.41) is 58.0. The standard InChI is InChI=1S/C59H87N13O14/c1-2-50(75)63-26-27-65-59(85)68-58(60)64-25-12-17-48(56(83)66-38-43-19-21-46(74)22-20-43)67-57(84)55(44-13-5-3-6-14-44)45-15-11-16-47(37-45)86-36-10-9-24-62-51(76)18-7-4-8-23-61-49(42-73)72-34-32-70(40-53(79)80)30-28-69(39-52(77)78)29-31-71(33-35-72)41-54(81)82/h3,5-6,11,13-16,19-22,37,42,48-49,55,61,74H,2,4,7-10,12,17-18,23-36,38-41H2,1H3,(H,62,76)(H,63,75)(H,66,83)(H,67,84)(H,77,78)(H,79,80)(H,81,82)(H4,60,64,65,68,85)/t48-,49?,55?/m1/s1. The Morgan fingerprint density at radius 1 is 0.640 bits per heavy atom. The molecule has 1 saturated heterocycles. The number of benzene rings is 3. The summed E-state index contributed by atoms with van der Waals surface area (Å²) in [7, 11) is 0. The molecule has 1 aliphatic rings. The zero-order valence-electron chi connectivity index (χ0n) is 49.1. The van der Waals surface area contributed by atoms with Crippen LogP contribution in [0, 0.1) is 0 Å². The molecule has 472 valence electrons. The Morgan fingerprint density at radius 3 is 1.85 bits per heavy atom. The van der Waals surface area contributed by atoms with Crippen molar-refractivity contribution in [3.8, 4) is 11.5 Å². The third-order valence-corrected chi connectivity index (χ3v) is 13.9. The van der Waals surface area contributed by atoms with E-state index in [2.05, 4.69) is 42.2 Å². The van der Waals surface area contributed by atoms with Crippen LogP contribution in [-0.2, 0) is 44.9 Å². The van der Waals surface area contributed by atoms with E-state index in [4.69, 9.17) is 10.5 Å². The number of nitrogens with zero attached hydrogens (tertiary/aromatic N) is 5. The van der Waals surface area contributed by atoms with Crippen LogP contribution >= 0.6 is 0 Å². The number of carboxylic acid groups (broad SMARTS) is 3. The van der Waals surface area contributed by atoms with Crippen molar-refractivity contribution in [1.29, 1.82) is 0 Å². The smallest absolute Gasteiger partial charge is 0.321 e. The number of guanidine groups is 1. The van der Waals surface area contributed by atoms with Crippen LogP contribution in [0.25, 0.3) is 0 Å². The minimum absolute atomic E-state index is 0.0757. The maximum atomic E-state index is 14.5. The van der Waals surface area contributed by atoms with Crippen LogP contribution in [0.5, 0.6) is 11.5 Å². The van der Waals surface area contributed by atoms with Gasteiger partial charge in [0.1, 0.15) is 23.7 Å². The molecule has 1 aliphatic heterocycles. The summed E-state index contributed by atoms with van der Waals surface area (Å²) in [6.45, 7) is 4.98. The minimum atomic E-state index is -1.04. The number of hydrogen-bond donors (Lipinski definition) is 12. The van der Waals surface area contributed by atoms with E-state index in [0.29, 0.717) is 101 Å². The molecule has 27 nitrogen and oxygen atoms in total. The number of aldehydes is 1. The second-order valence-corrected chi connectivity index (χ2v) is 20.7. The molecule has 0 aliphatic carbocycles. The van der Waals surface area contributed by atoms with E-state index < -0.39 is 53.9 Å². The first kappa shape index (κ1) is 70.2. The van der Waals surface area contributed by atoms with Gasteiger partial charge in [-0.15, -0.1) is 0 Å². The number of aromatic hydroxyl groups is 1. The highest BCUT2D eigenvalue weighted by Crippen LogP contribution is 2.28. The van der Waals surface area contributed by atoms with Crippen molar-refractivity contribution in [2.24, 2.45) is 10.7 Å². The molecule has 13 N–H and O–H groups in total. The van der Waals surface area contributed by atoms with Gasteiger partial charge in [0, 0.05) is 97.9 Å². The molecule has 4 rings (SSSR count). The quantitative estimate of drug-likeness (QED) is 0.0165. The number of unbranched alkanes of at least 4 members (excludes halogenated alkanes) is 3. The van der Waals surface area contributed by atoms with Gasteiger partial charge in [0.25, 0.3) is 0 Å². The number of ether oxygens (including phenoxy) is 1. The molecule has 2 unspecified atom stereocenters. The van der Waals surface area contributed by atoms with Crippen molar-refractivity contribution in [3.05, 3.63) is 95.6 Å². The van der Waals surface area contributed by atoms with Crippen LogP contribution in [0.1, 0.15) is 87.3 Å². The third kappa shape index (κ3) is 29.0. The molecule has 27 heteroatoms. The van der Waals surface area contributed by atoms with Crippen molar-refractivity contribution >= 4 is 59.8 Å². The molecule has 0 spiro atoms. The van der Waals surface area contributed by atoms with Crippen molar-refractivity contribution in [1.82, 2.24) is 56.8 Å². The third-order valence-electron chi connectivity index (χ3n) is 13.9. The summed E-state index contributed by atoms with van der Waals surface area (Å²) >= 11 is 0.